The molecule has 0 amide bonds. The Kier molecular flexibility index (Phi) is 5.73. The first kappa shape index (κ1) is 22.4. The second kappa shape index (κ2) is 7.42. The monoisotopic (exact) mass is 397 g/mol. The Morgan fingerprint density at radius 3 is 1.69 bits per heavy atom. The minimum atomic E-state index is -0.524. The van der Waals surface area contributed by atoms with Gasteiger partial charge >= 0.3 is 14.2 Å². The molecule has 1 aromatic rings. The van der Waals surface area contributed by atoms with Crippen LogP contribution in [0.15, 0.2) is 30.3 Å². The molecule has 2 saturated heterocycles. The van der Waals surface area contributed by atoms with Gasteiger partial charge in [-0.3, -0.25) is 0 Å². The van der Waals surface area contributed by atoms with E-state index in [1.807, 2.05) is 85.7 Å². The zero-order valence-corrected chi connectivity index (χ0v) is 19.0. The lowest BCUT2D eigenvalue weighted by Gasteiger charge is -2.32. The van der Waals surface area contributed by atoms with Crippen molar-refractivity contribution in [2.75, 3.05) is 0 Å². The summed E-state index contributed by atoms with van der Waals surface area (Å²) in [5.41, 5.74) is -0.836. The van der Waals surface area contributed by atoms with E-state index in [9.17, 15) is 5.26 Å². The molecule has 3 rings (SSSR count). The summed E-state index contributed by atoms with van der Waals surface area (Å²) in [5.74, 6) is -0.636. The lowest BCUT2D eigenvalue weighted by molar-refractivity contribution is 0.00578. The molecule has 0 N–H and O–H groups in total. The summed E-state index contributed by atoms with van der Waals surface area (Å²) < 4.78 is 25.2. The molecule has 0 bridgehead atoms. The van der Waals surface area contributed by atoms with Gasteiger partial charge in [0.1, 0.15) is 0 Å². The van der Waals surface area contributed by atoms with Gasteiger partial charge in [-0.1, -0.05) is 30.3 Å². The molecule has 2 atom stereocenters. The van der Waals surface area contributed by atoms with Crippen LogP contribution in [-0.4, -0.2) is 36.6 Å². The molecule has 2 fully saturated rings. The van der Waals surface area contributed by atoms with Gasteiger partial charge in [-0.05, 0) is 67.3 Å². The molecule has 0 spiro atoms. The van der Waals surface area contributed by atoms with Gasteiger partial charge in [-0.15, -0.1) is 0 Å². The lowest BCUT2D eigenvalue weighted by atomic mass is 9.55. The maximum atomic E-state index is 10.1. The average Bonchev–Trinajstić information content (AvgIpc) is 2.94. The van der Waals surface area contributed by atoms with Crippen LogP contribution in [0.2, 0.25) is 12.1 Å². The fourth-order valence-corrected chi connectivity index (χ4v) is 3.83. The van der Waals surface area contributed by atoms with Crippen molar-refractivity contribution in [1.82, 2.24) is 0 Å². The average molecular weight is 397 g/mol. The molecule has 156 valence electrons. The molecule has 0 aromatic heterocycles. The van der Waals surface area contributed by atoms with Crippen LogP contribution < -0.4 is 0 Å². The highest BCUT2D eigenvalue weighted by Gasteiger charge is 2.58. The third kappa shape index (κ3) is 4.14. The van der Waals surface area contributed by atoms with E-state index in [4.69, 9.17) is 18.6 Å². The van der Waals surface area contributed by atoms with Gasteiger partial charge in [0.2, 0.25) is 0 Å². The molecular formula is C22H33B2NO4. The summed E-state index contributed by atoms with van der Waals surface area (Å²) in [6, 6.07) is 12.3. The van der Waals surface area contributed by atoms with Gasteiger partial charge < -0.3 is 18.6 Å². The first-order chi connectivity index (χ1) is 13.3. The summed E-state index contributed by atoms with van der Waals surface area (Å²) in [6.45, 7) is 16.3. The van der Waals surface area contributed by atoms with E-state index in [1.165, 1.54) is 0 Å². The van der Waals surface area contributed by atoms with Gasteiger partial charge in [-0.2, -0.15) is 5.26 Å². The fourth-order valence-electron chi connectivity index (χ4n) is 3.83. The smallest absolute Gasteiger partial charge is 0.403 e. The van der Waals surface area contributed by atoms with Crippen molar-refractivity contribution in [3.05, 3.63) is 35.9 Å². The van der Waals surface area contributed by atoms with Crippen LogP contribution in [-0.2, 0) is 18.6 Å². The highest BCUT2D eigenvalue weighted by atomic mass is 16.7. The summed E-state index contributed by atoms with van der Waals surface area (Å²) in [4.78, 5) is 0. The Labute approximate surface area is 176 Å². The van der Waals surface area contributed by atoms with Crippen LogP contribution in [0.3, 0.4) is 0 Å². The van der Waals surface area contributed by atoms with Crippen molar-refractivity contribution in [2.45, 2.75) is 95.8 Å². The number of benzene rings is 1. The Morgan fingerprint density at radius 2 is 1.24 bits per heavy atom. The molecule has 29 heavy (non-hydrogen) atoms. The second-order valence-corrected chi connectivity index (χ2v) is 10.2. The predicted octanol–water partition coefficient (Wildman–Crippen LogP) is 4.85. The standard InChI is InChI=1S/C22H33B2NO4/c1-19(2)20(3,4)27-23(26-19)14-18(17(15-25)16-12-10-9-11-13-16)24-28-21(5,6)22(7,8)29-24/h9-13,17-18H,14H2,1-8H3. The van der Waals surface area contributed by atoms with Crippen LogP contribution in [0.1, 0.15) is 66.9 Å². The molecule has 2 heterocycles. The van der Waals surface area contributed by atoms with Crippen LogP contribution in [0.4, 0.5) is 0 Å². The van der Waals surface area contributed by atoms with Crippen LogP contribution in [0, 0.1) is 11.3 Å². The molecule has 2 aliphatic heterocycles. The number of hydrogen-bond acceptors (Lipinski definition) is 5. The van der Waals surface area contributed by atoms with Gasteiger partial charge in [0.25, 0.3) is 0 Å². The molecule has 5 nitrogen and oxygen atoms in total. The first-order valence-electron chi connectivity index (χ1n) is 10.5. The van der Waals surface area contributed by atoms with E-state index in [1.54, 1.807) is 0 Å². The Balaban J connectivity index is 1.92. The van der Waals surface area contributed by atoms with Crippen LogP contribution >= 0.6 is 0 Å². The highest BCUT2D eigenvalue weighted by molar-refractivity contribution is 6.53. The zero-order valence-electron chi connectivity index (χ0n) is 19.0. The normalized spacial score (nSPS) is 26.2. The molecule has 0 aliphatic carbocycles. The number of rotatable bonds is 5. The number of hydrogen-bond donors (Lipinski definition) is 0. The van der Waals surface area contributed by atoms with Crippen LogP contribution in [0.5, 0.6) is 0 Å². The zero-order chi connectivity index (χ0) is 21.7. The van der Waals surface area contributed by atoms with Crippen molar-refractivity contribution in [3.63, 3.8) is 0 Å². The Morgan fingerprint density at radius 1 is 0.793 bits per heavy atom. The number of nitrogens with zero attached hydrogens (tertiary/aromatic N) is 1. The molecule has 0 radical (unpaired) electrons. The van der Waals surface area contributed by atoms with E-state index in [0.717, 1.165) is 5.56 Å². The summed E-state index contributed by atoms with van der Waals surface area (Å²) in [7, 11) is -0.951. The van der Waals surface area contributed by atoms with E-state index in [0.29, 0.717) is 6.32 Å². The summed E-state index contributed by atoms with van der Waals surface area (Å²) in [6.07, 6.45) is 0.511. The van der Waals surface area contributed by atoms with E-state index in [-0.39, 0.29) is 5.82 Å². The van der Waals surface area contributed by atoms with Crippen molar-refractivity contribution < 1.29 is 18.6 Å². The molecule has 2 unspecified atom stereocenters. The van der Waals surface area contributed by atoms with Gasteiger partial charge in [-0.25, -0.2) is 0 Å². The fraction of sp³-hybridized carbons (Fsp3) is 0.682. The predicted molar refractivity (Wildman–Crippen MR) is 116 cm³/mol. The maximum absolute atomic E-state index is 10.1. The summed E-state index contributed by atoms with van der Waals surface area (Å²) >= 11 is 0. The van der Waals surface area contributed by atoms with E-state index < -0.39 is 42.6 Å². The van der Waals surface area contributed by atoms with Gasteiger partial charge in [0.05, 0.1) is 34.4 Å². The lowest BCUT2D eigenvalue weighted by Crippen LogP contribution is -2.41. The van der Waals surface area contributed by atoms with Gasteiger partial charge in [0.15, 0.2) is 0 Å². The topological polar surface area (TPSA) is 60.7 Å². The van der Waals surface area contributed by atoms with E-state index >= 15 is 0 Å². The van der Waals surface area contributed by atoms with Crippen molar-refractivity contribution >= 4 is 14.2 Å². The number of nitriles is 1. The largest absolute Gasteiger partial charge is 0.462 e. The Hall–Kier alpha value is -1.32. The molecule has 2 aliphatic rings. The van der Waals surface area contributed by atoms with Crippen LogP contribution in [0.25, 0.3) is 0 Å². The van der Waals surface area contributed by atoms with E-state index in [2.05, 4.69) is 6.07 Å². The summed E-state index contributed by atoms with van der Waals surface area (Å²) in [5, 5.41) is 10.1. The SMILES string of the molecule is CC1(C)OB(CC(B2OC(C)(C)C(C)(C)O2)C(C#N)c2ccccc2)OC1(C)C. The Bertz CT molecular complexity index is 741. The third-order valence-corrected chi connectivity index (χ3v) is 7.11. The molecular weight excluding hydrogens is 364 g/mol. The third-order valence-electron chi connectivity index (χ3n) is 7.11. The highest BCUT2D eigenvalue weighted by Crippen LogP contribution is 2.48. The molecule has 0 saturated carbocycles. The molecule has 7 heteroatoms. The van der Waals surface area contributed by atoms with Crippen molar-refractivity contribution in [1.29, 1.82) is 5.26 Å². The van der Waals surface area contributed by atoms with Crippen molar-refractivity contribution in [2.24, 2.45) is 0 Å². The second-order valence-electron chi connectivity index (χ2n) is 10.2. The molecule has 1 aromatic carbocycles. The first-order valence-corrected chi connectivity index (χ1v) is 10.5. The van der Waals surface area contributed by atoms with Crippen molar-refractivity contribution in [3.8, 4) is 6.07 Å². The van der Waals surface area contributed by atoms with Gasteiger partial charge in [0, 0.05) is 5.82 Å². The minimum Gasteiger partial charge on any atom is -0.403 e. The minimum absolute atomic E-state index is 0.238. The quantitative estimate of drug-likeness (QED) is 0.665. The maximum Gasteiger partial charge on any atom is 0.462 e.